The van der Waals surface area contributed by atoms with Crippen molar-refractivity contribution in [1.82, 2.24) is 20.2 Å². The molecule has 0 spiro atoms. The summed E-state index contributed by atoms with van der Waals surface area (Å²) in [6.07, 6.45) is 0.988. The molecule has 102 valence electrons. The average molecular weight is 324 g/mol. The predicted octanol–water partition coefficient (Wildman–Crippen LogP) is 3.29. The summed E-state index contributed by atoms with van der Waals surface area (Å²) in [7, 11) is 0. The molecule has 0 aliphatic heterocycles. The third-order valence-corrected chi connectivity index (χ3v) is 3.97. The first-order valence-corrected chi connectivity index (χ1v) is 7.17. The number of nitrogens with zero attached hydrogens (tertiary/aromatic N) is 4. The summed E-state index contributed by atoms with van der Waals surface area (Å²) in [4.78, 5) is 0. The molecule has 2 aromatic rings. The molecule has 5 nitrogen and oxygen atoms in total. The van der Waals surface area contributed by atoms with Gasteiger partial charge < -0.3 is 5.73 Å². The van der Waals surface area contributed by atoms with Gasteiger partial charge in [0.15, 0.2) is 5.82 Å². The Hall–Kier alpha value is -1.43. The second-order valence-corrected chi connectivity index (χ2v) is 5.76. The summed E-state index contributed by atoms with van der Waals surface area (Å²) in [6.45, 7) is 6.50. The van der Waals surface area contributed by atoms with E-state index in [-0.39, 0.29) is 6.04 Å². The van der Waals surface area contributed by atoms with Crippen LogP contribution in [0.4, 0.5) is 5.69 Å². The molecule has 0 aliphatic carbocycles. The number of halogens is 1. The number of tetrazole rings is 1. The molecular weight excluding hydrogens is 306 g/mol. The fourth-order valence-corrected chi connectivity index (χ4v) is 2.46. The van der Waals surface area contributed by atoms with Gasteiger partial charge in [0.05, 0.1) is 6.04 Å². The van der Waals surface area contributed by atoms with E-state index < -0.39 is 0 Å². The Balaban J connectivity index is 2.46. The lowest BCUT2D eigenvalue weighted by Crippen LogP contribution is -2.17. The van der Waals surface area contributed by atoms with Gasteiger partial charge in [-0.05, 0) is 56.9 Å². The van der Waals surface area contributed by atoms with Gasteiger partial charge in [-0.15, -0.1) is 5.10 Å². The maximum absolute atomic E-state index is 5.92. The first kappa shape index (κ1) is 14.0. The second-order valence-electron chi connectivity index (χ2n) is 4.90. The van der Waals surface area contributed by atoms with Gasteiger partial charge in [-0.3, -0.25) is 0 Å². The van der Waals surface area contributed by atoms with Gasteiger partial charge in [0.1, 0.15) is 0 Å². The summed E-state index contributed by atoms with van der Waals surface area (Å²) in [6, 6.07) is 6.06. The number of nitrogen functional groups attached to an aromatic ring is 1. The zero-order valence-electron chi connectivity index (χ0n) is 11.3. The van der Waals surface area contributed by atoms with E-state index in [1.165, 1.54) is 0 Å². The molecule has 2 rings (SSSR count). The number of hydrogen-bond acceptors (Lipinski definition) is 4. The minimum absolute atomic E-state index is 0.287. The highest BCUT2D eigenvalue weighted by atomic mass is 79.9. The van der Waals surface area contributed by atoms with Crippen LogP contribution in [0.5, 0.6) is 0 Å². The van der Waals surface area contributed by atoms with Crippen LogP contribution in [0.3, 0.4) is 0 Å². The Kier molecular flexibility index (Phi) is 4.19. The zero-order valence-corrected chi connectivity index (χ0v) is 12.9. The second kappa shape index (κ2) is 5.69. The summed E-state index contributed by atoms with van der Waals surface area (Å²) < 4.78 is 2.78. The molecule has 1 unspecified atom stereocenters. The van der Waals surface area contributed by atoms with Crippen molar-refractivity contribution in [1.29, 1.82) is 0 Å². The highest BCUT2D eigenvalue weighted by Crippen LogP contribution is 2.29. The van der Waals surface area contributed by atoms with Crippen molar-refractivity contribution >= 4 is 21.6 Å². The van der Waals surface area contributed by atoms with Crippen molar-refractivity contribution in [3.63, 3.8) is 0 Å². The number of nitrogens with two attached hydrogens (primary N) is 1. The van der Waals surface area contributed by atoms with E-state index in [9.17, 15) is 0 Å². The highest BCUT2D eigenvalue weighted by molar-refractivity contribution is 9.10. The smallest absolute Gasteiger partial charge is 0.182 e. The molecule has 0 saturated carbocycles. The molecule has 1 aromatic carbocycles. The monoisotopic (exact) mass is 323 g/mol. The minimum Gasteiger partial charge on any atom is -0.398 e. The zero-order chi connectivity index (χ0) is 14.0. The third kappa shape index (κ3) is 2.78. The lowest BCUT2D eigenvalue weighted by molar-refractivity contribution is 0.333. The fourth-order valence-electron chi connectivity index (χ4n) is 2.22. The summed E-state index contributed by atoms with van der Waals surface area (Å²) in [5, 5.41) is 12.1. The molecule has 1 heterocycles. The van der Waals surface area contributed by atoms with Crippen LogP contribution in [0.15, 0.2) is 22.7 Å². The molecule has 0 fully saturated rings. The van der Waals surface area contributed by atoms with E-state index in [1.807, 2.05) is 22.9 Å². The molecule has 0 radical (unpaired) electrons. The summed E-state index contributed by atoms with van der Waals surface area (Å²) in [5.74, 6) is 1.24. The van der Waals surface area contributed by atoms with Crippen molar-refractivity contribution in [2.45, 2.75) is 33.2 Å². The number of benzene rings is 1. The quantitative estimate of drug-likeness (QED) is 0.876. The fraction of sp³-hybridized carbons (Fsp3) is 0.462. The van der Waals surface area contributed by atoms with Crippen LogP contribution in [-0.2, 0) is 0 Å². The van der Waals surface area contributed by atoms with E-state index in [0.717, 1.165) is 22.3 Å². The standard InChI is InChI=1S/C13H18BrN5/c1-4-12(8(2)3)19-13(16-17-18-19)9-5-6-10(14)11(15)7-9/h5-8,12H,4,15H2,1-3H3. The van der Waals surface area contributed by atoms with Gasteiger partial charge in [-0.2, -0.15) is 0 Å². The van der Waals surface area contributed by atoms with E-state index in [2.05, 4.69) is 52.2 Å². The number of aromatic nitrogens is 4. The van der Waals surface area contributed by atoms with E-state index in [1.54, 1.807) is 0 Å². The SMILES string of the molecule is CCC(C(C)C)n1nnnc1-c1ccc(Br)c(N)c1. The number of rotatable bonds is 4. The van der Waals surface area contributed by atoms with Crippen LogP contribution < -0.4 is 5.73 Å². The van der Waals surface area contributed by atoms with Gasteiger partial charge >= 0.3 is 0 Å². The van der Waals surface area contributed by atoms with Crippen LogP contribution in [0.25, 0.3) is 11.4 Å². The van der Waals surface area contributed by atoms with Crippen molar-refractivity contribution in [3.8, 4) is 11.4 Å². The average Bonchev–Trinajstić information content (AvgIpc) is 2.82. The van der Waals surface area contributed by atoms with Gasteiger partial charge in [-0.1, -0.05) is 20.8 Å². The molecular formula is C13H18BrN5. The maximum Gasteiger partial charge on any atom is 0.182 e. The minimum atomic E-state index is 0.287. The molecule has 1 atom stereocenters. The van der Waals surface area contributed by atoms with Crippen LogP contribution in [-0.4, -0.2) is 20.2 Å². The molecule has 0 aliphatic rings. The van der Waals surface area contributed by atoms with Crippen LogP contribution >= 0.6 is 15.9 Å². The number of anilines is 1. The lowest BCUT2D eigenvalue weighted by atomic mass is 10.0. The molecule has 6 heteroatoms. The van der Waals surface area contributed by atoms with Gasteiger partial charge in [0.2, 0.25) is 0 Å². The van der Waals surface area contributed by atoms with Crippen molar-refractivity contribution in [3.05, 3.63) is 22.7 Å². The van der Waals surface area contributed by atoms with Crippen molar-refractivity contribution < 1.29 is 0 Å². The largest absolute Gasteiger partial charge is 0.398 e. The van der Waals surface area contributed by atoms with Gasteiger partial charge in [0, 0.05) is 15.7 Å². The third-order valence-electron chi connectivity index (χ3n) is 3.25. The molecule has 0 amide bonds. The topological polar surface area (TPSA) is 69.6 Å². The molecule has 19 heavy (non-hydrogen) atoms. The van der Waals surface area contributed by atoms with E-state index >= 15 is 0 Å². The normalized spacial score (nSPS) is 12.9. The van der Waals surface area contributed by atoms with E-state index in [0.29, 0.717) is 11.6 Å². The molecule has 0 saturated heterocycles. The van der Waals surface area contributed by atoms with Crippen molar-refractivity contribution in [2.75, 3.05) is 5.73 Å². The first-order valence-electron chi connectivity index (χ1n) is 6.37. The Morgan fingerprint density at radius 2 is 2.11 bits per heavy atom. The highest BCUT2D eigenvalue weighted by Gasteiger charge is 2.20. The Bertz CT molecular complexity index is 564. The predicted molar refractivity (Wildman–Crippen MR) is 79.5 cm³/mol. The maximum atomic E-state index is 5.92. The van der Waals surface area contributed by atoms with E-state index in [4.69, 9.17) is 5.73 Å². The van der Waals surface area contributed by atoms with Gasteiger partial charge in [-0.25, -0.2) is 4.68 Å². The Morgan fingerprint density at radius 3 is 2.68 bits per heavy atom. The van der Waals surface area contributed by atoms with Crippen LogP contribution in [0.2, 0.25) is 0 Å². The first-order chi connectivity index (χ1) is 9.04. The van der Waals surface area contributed by atoms with Crippen LogP contribution in [0.1, 0.15) is 33.2 Å². The number of hydrogen-bond donors (Lipinski definition) is 1. The molecule has 1 aromatic heterocycles. The summed E-state index contributed by atoms with van der Waals surface area (Å²) in [5.41, 5.74) is 7.54. The lowest BCUT2D eigenvalue weighted by Gasteiger charge is -2.20. The Morgan fingerprint density at radius 1 is 1.37 bits per heavy atom. The Labute approximate surface area is 121 Å². The summed E-state index contributed by atoms with van der Waals surface area (Å²) >= 11 is 3.39. The molecule has 0 bridgehead atoms. The molecule has 2 N–H and O–H groups in total. The van der Waals surface area contributed by atoms with Crippen molar-refractivity contribution in [2.24, 2.45) is 5.92 Å². The van der Waals surface area contributed by atoms with Gasteiger partial charge in [0.25, 0.3) is 0 Å². The van der Waals surface area contributed by atoms with Crippen LogP contribution in [0, 0.1) is 5.92 Å².